The molecule has 0 saturated carbocycles. The molecule has 3 N–H and O–H groups in total. The first kappa shape index (κ1) is 12.6. The number of anilines is 1. The van der Waals surface area contributed by atoms with E-state index in [1.807, 2.05) is 0 Å². The summed E-state index contributed by atoms with van der Waals surface area (Å²) in [6.45, 7) is 5.39. The summed E-state index contributed by atoms with van der Waals surface area (Å²) in [4.78, 5) is 21.5. The van der Waals surface area contributed by atoms with Gasteiger partial charge in [-0.3, -0.25) is 0 Å². The molecule has 2 amide bonds. The first-order chi connectivity index (χ1) is 8.58. The van der Waals surface area contributed by atoms with Crippen LogP contribution in [0.15, 0.2) is 6.33 Å². The van der Waals surface area contributed by atoms with E-state index >= 15 is 0 Å². The number of urea groups is 1. The maximum Gasteiger partial charge on any atom is 0.314 e. The van der Waals surface area contributed by atoms with Crippen molar-refractivity contribution in [2.45, 2.75) is 32.7 Å². The molecule has 0 atom stereocenters. The number of hydrogen-bond donors (Lipinski definition) is 2. The van der Waals surface area contributed by atoms with Gasteiger partial charge < -0.3 is 16.0 Å². The summed E-state index contributed by atoms with van der Waals surface area (Å²) in [5, 5.41) is 3.32. The lowest BCUT2D eigenvalue weighted by atomic mass is 10.1. The number of carbonyl (C=O) groups excluding carboxylic acids is 1. The molecule has 0 radical (unpaired) electrons. The van der Waals surface area contributed by atoms with Crippen molar-refractivity contribution in [3.63, 3.8) is 0 Å². The Hall–Kier alpha value is -1.85. The first-order valence-corrected chi connectivity index (χ1v) is 6.21. The number of fused-ring (bicyclic) bond motifs is 1. The molecule has 2 heterocycles. The Morgan fingerprint density at radius 2 is 2.11 bits per heavy atom. The molecule has 1 aliphatic rings. The third kappa shape index (κ3) is 2.69. The normalized spacial score (nSPS) is 15.2. The SMILES string of the molecule is CC(C)Nc1ncnc2c1CCN(C(N)=O)CC2. The maximum absolute atomic E-state index is 11.2. The standard InChI is InChI=1S/C12H19N5O/c1-8(2)16-11-9-3-5-17(12(13)18)6-4-10(9)14-7-15-11/h7-8H,3-6H2,1-2H3,(H2,13,18)(H,14,15,16). The zero-order valence-electron chi connectivity index (χ0n) is 10.8. The first-order valence-electron chi connectivity index (χ1n) is 6.21. The van der Waals surface area contributed by atoms with Gasteiger partial charge in [0, 0.05) is 31.1 Å². The van der Waals surface area contributed by atoms with Crippen molar-refractivity contribution in [2.75, 3.05) is 18.4 Å². The molecule has 0 unspecified atom stereocenters. The van der Waals surface area contributed by atoms with Crippen molar-refractivity contribution in [3.8, 4) is 0 Å². The van der Waals surface area contributed by atoms with Crippen LogP contribution in [-0.2, 0) is 12.8 Å². The van der Waals surface area contributed by atoms with Gasteiger partial charge in [-0.2, -0.15) is 0 Å². The van der Waals surface area contributed by atoms with Crippen LogP contribution in [0, 0.1) is 0 Å². The van der Waals surface area contributed by atoms with E-state index in [1.54, 1.807) is 11.2 Å². The predicted octanol–water partition coefficient (Wildman–Crippen LogP) is 0.776. The molecule has 1 aromatic heterocycles. The molecular weight excluding hydrogens is 230 g/mol. The quantitative estimate of drug-likeness (QED) is 0.811. The van der Waals surface area contributed by atoms with Crippen LogP contribution in [0.4, 0.5) is 10.6 Å². The third-order valence-corrected chi connectivity index (χ3v) is 3.02. The number of aromatic nitrogens is 2. The monoisotopic (exact) mass is 249 g/mol. The highest BCUT2D eigenvalue weighted by Crippen LogP contribution is 2.20. The second-order valence-corrected chi connectivity index (χ2v) is 4.77. The minimum absolute atomic E-state index is 0.319. The second-order valence-electron chi connectivity index (χ2n) is 4.77. The predicted molar refractivity (Wildman–Crippen MR) is 69.4 cm³/mol. The highest BCUT2D eigenvalue weighted by molar-refractivity contribution is 5.72. The van der Waals surface area contributed by atoms with Gasteiger partial charge in [0.15, 0.2) is 0 Å². The third-order valence-electron chi connectivity index (χ3n) is 3.02. The summed E-state index contributed by atoms with van der Waals surface area (Å²) in [7, 11) is 0. The highest BCUT2D eigenvalue weighted by Gasteiger charge is 2.20. The minimum atomic E-state index is -0.367. The van der Waals surface area contributed by atoms with Gasteiger partial charge in [0.25, 0.3) is 0 Å². The van der Waals surface area contributed by atoms with Crippen molar-refractivity contribution in [1.29, 1.82) is 0 Å². The van der Waals surface area contributed by atoms with Gasteiger partial charge in [0.05, 0.1) is 5.69 Å². The van der Waals surface area contributed by atoms with Crippen LogP contribution in [0.1, 0.15) is 25.1 Å². The molecule has 6 nitrogen and oxygen atoms in total. The molecule has 0 aromatic carbocycles. The molecule has 0 spiro atoms. The Morgan fingerprint density at radius 1 is 1.39 bits per heavy atom. The van der Waals surface area contributed by atoms with E-state index in [-0.39, 0.29) is 6.03 Å². The van der Waals surface area contributed by atoms with E-state index in [9.17, 15) is 4.79 Å². The zero-order chi connectivity index (χ0) is 13.1. The van der Waals surface area contributed by atoms with Gasteiger partial charge in [-0.1, -0.05) is 0 Å². The Kier molecular flexibility index (Phi) is 3.64. The summed E-state index contributed by atoms with van der Waals surface area (Å²) >= 11 is 0. The van der Waals surface area contributed by atoms with E-state index in [2.05, 4.69) is 29.1 Å². The number of nitrogens with zero attached hydrogens (tertiary/aromatic N) is 3. The molecule has 98 valence electrons. The van der Waals surface area contributed by atoms with Gasteiger partial charge >= 0.3 is 6.03 Å². The number of rotatable bonds is 2. The Morgan fingerprint density at radius 3 is 2.78 bits per heavy atom. The molecule has 0 bridgehead atoms. The van der Waals surface area contributed by atoms with E-state index in [0.29, 0.717) is 19.1 Å². The topological polar surface area (TPSA) is 84.1 Å². The molecule has 18 heavy (non-hydrogen) atoms. The number of hydrogen-bond acceptors (Lipinski definition) is 4. The lowest BCUT2D eigenvalue weighted by Gasteiger charge is -2.16. The average Bonchev–Trinajstić information content (AvgIpc) is 2.51. The van der Waals surface area contributed by atoms with Crippen molar-refractivity contribution < 1.29 is 4.79 Å². The van der Waals surface area contributed by atoms with Crippen LogP contribution >= 0.6 is 0 Å². The molecule has 6 heteroatoms. The number of primary amides is 1. The largest absolute Gasteiger partial charge is 0.368 e. The number of nitrogens with one attached hydrogen (secondary N) is 1. The summed E-state index contributed by atoms with van der Waals surface area (Å²) in [6, 6.07) is -0.0476. The van der Waals surface area contributed by atoms with E-state index in [4.69, 9.17) is 5.73 Å². The fourth-order valence-electron chi connectivity index (χ4n) is 2.14. The highest BCUT2D eigenvalue weighted by atomic mass is 16.2. The maximum atomic E-state index is 11.2. The van der Waals surface area contributed by atoms with Crippen LogP contribution in [0.2, 0.25) is 0 Å². The van der Waals surface area contributed by atoms with Gasteiger partial charge in [-0.15, -0.1) is 0 Å². The van der Waals surface area contributed by atoms with Gasteiger partial charge in [0.1, 0.15) is 12.1 Å². The van der Waals surface area contributed by atoms with Crippen molar-refractivity contribution >= 4 is 11.8 Å². The van der Waals surface area contributed by atoms with E-state index in [0.717, 1.165) is 29.9 Å². The molecular formula is C12H19N5O. The fraction of sp³-hybridized carbons (Fsp3) is 0.583. The van der Waals surface area contributed by atoms with Gasteiger partial charge in [-0.05, 0) is 20.3 Å². The Balaban J connectivity index is 2.24. The van der Waals surface area contributed by atoms with Crippen molar-refractivity contribution in [3.05, 3.63) is 17.6 Å². The van der Waals surface area contributed by atoms with E-state index in [1.165, 1.54) is 0 Å². The molecule has 0 fully saturated rings. The smallest absolute Gasteiger partial charge is 0.314 e. The van der Waals surface area contributed by atoms with Gasteiger partial charge in [-0.25, -0.2) is 14.8 Å². The summed E-state index contributed by atoms with van der Waals surface area (Å²) < 4.78 is 0. The molecule has 2 rings (SSSR count). The lowest BCUT2D eigenvalue weighted by Crippen LogP contribution is -2.37. The zero-order valence-corrected chi connectivity index (χ0v) is 10.8. The summed E-state index contributed by atoms with van der Waals surface area (Å²) in [6.07, 6.45) is 3.05. The van der Waals surface area contributed by atoms with Gasteiger partial charge in [0.2, 0.25) is 0 Å². The molecule has 1 aliphatic heterocycles. The van der Waals surface area contributed by atoms with Crippen molar-refractivity contribution in [2.24, 2.45) is 5.73 Å². The summed E-state index contributed by atoms with van der Waals surface area (Å²) in [5.41, 5.74) is 7.44. The fourth-order valence-corrected chi connectivity index (χ4v) is 2.14. The number of carbonyl (C=O) groups is 1. The Bertz CT molecular complexity index is 446. The van der Waals surface area contributed by atoms with Crippen LogP contribution in [0.5, 0.6) is 0 Å². The van der Waals surface area contributed by atoms with Crippen molar-refractivity contribution in [1.82, 2.24) is 14.9 Å². The second kappa shape index (κ2) is 5.20. The molecule has 1 aromatic rings. The average molecular weight is 249 g/mol. The molecule has 0 saturated heterocycles. The van der Waals surface area contributed by atoms with Crippen LogP contribution in [0.25, 0.3) is 0 Å². The van der Waals surface area contributed by atoms with E-state index < -0.39 is 0 Å². The van der Waals surface area contributed by atoms with Crippen LogP contribution < -0.4 is 11.1 Å². The number of nitrogens with two attached hydrogens (primary N) is 1. The lowest BCUT2D eigenvalue weighted by molar-refractivity contribution is 0.210. The number of amides is 2. The minimum Gasteiger partial charge on any atom is -0.368 e. The Labute approximate surface area is 107 Å². The van der Waals surface area contributed by atoms with Crippen LogP contribution in [0.3, 0.4) is 0 Å². The van der Waals surface area contributed by atoms with Crippen LogP contribution in [-0.4, -0.2) is 40.0 Å². The molecule has 0 aliphatic carbocycles. The summed E-state index contributed by atoms with van der Waals surface area (Å²) in [5.74, 6) is 0.876.